The van der Waals surface area contributed by atoms with E-state index in [1.54, 1.807) is 12.4 Å². The number of nitrogens with zero attached hydrogens (tertiary/aromatic N) is 3. The van der Waals surface area contributed by atoms with Gasteiger partial charge in [0.2, 0.25) is 0 Å². The van der Waals surface area contributed by atoms with Crippen molar-refractivity contribution in [3.8, 4) is 11.3 Å². The minimum atomic E-state index is -0.436. The van der Waals surface area contributed by atoms with Crippen LogP contribution in [0.3, 0.4) is 0 Å². The van der Waals surface area contributed by atoms with Gasteiger partial charge in [-0.2, -0.15) is 0 Å². The Bertz CT molecular complexity index is 998. The standard InChI is InChI=1S/C26H33N5O/c1-31-23(13-17-29-26(31)27)22-18-21(25(30-22)20-10-6-3-7-11-20)24(32)14-16-28-15-12-19-8-4-2-5-9-19/h3,6-7,10-11,13,16-19,26,30H,2,4-5,8-9,12,14-15,27H2,1H3. The number of aromatic amines is 1. The summed E-state index contributed by atoms with van der Waals surface area (Å²) in [6, 6.07) is 11.9. The van der Waals surface area contributed by atoms with Crippen molar-refractivity contribution >= 4 is 23.9 Å². The minimum Gasteiger partial charge on any atom is -0.353 e. The lowest BCUT2D eigenvalue weighted by atomic mass is 9.87. The van der Waals surface area contributed by atoms with Gasteiger partial charge in [0.1, 0.15) is 0 Å². The van der Waals surface area contributed by atoms with Crippen LogP contribution in [0.25, 0.3) is 17.0 Å². The number of hydrogen-bond acceptors (Lipinski definition) is 5. The molecular weight excluding hydrogens is 398 g/mol. The van der Waals surface area contributed by atoms with Crippen LogP contribution < -0.4 is 5.73 Å². The summed E-state index contributed by atoms with van der Waals surface area (Å²) in [5.74, 6) is 0.869. The first-order chi connectivity index (χ1) is 15.6. The molecule has 168 valence electrons. The Balaban J connectivity index is 1.49. The van der Waals surface area contributed by atoms with Crippen LogP contribution in [0, 0.1) is 5.92 Å². The van der Waals surface area contributed by atoms with Crippen molar-refractivity contribution in [1.82, 2.24) is 9.88 Å². The lowest BCUT2D eigenvalue weighted by molar-refractivity contribution is 0.100. The Morgan fingerprint density at radius 3 is 2.81 bits per heavy atom. The van der Waals surface area contributed by atoms with Crippen LogP contribution in [0.15, 0.2) is 52.5 Å². The average molecular weight is 432 g/mol. The van der Waals surface area contributed by atoms with Gasteiger partial charge in [-0.15, -0.1) is 0 Å². The molecule has 6 nitrogen and oxygen atoms in total. The first-order valence-electron chi connectivity index (χ1n) is 11.7. The van der Waals surface area contributed by atoms with Crippen molar-refractivity contribution in [2.75, 3.05) is 13.6 Å². The van der Waals surface area contributed by atoms with E-state index in [2.05, 4.69) is 15.0 Å². The zero-order chi connectivity index (χ0) is 22.3. The number of H-pyrrole nitrogens is 1. The van der Waals surface area contributed by atoms with Crippen molar-refractivity contribution in [1.29, 1.82) is 0 Å². The number of aliphatic imine (C=N–C) groups is 2. The molecule has 3 N–H and O–H groups in total. The highest BCUT2D eigenvalue weighted by molar-refractivity contribution is 6.08. The molecule has 1 aliphatic heterocycles. The molecule has 1 saturated carbocycles. The van der Waals surface area contributed by atoms with E-state index in [-0.39, 0.29) is 5.78 Å². The molecule has 1 unspecified atom stereocenters. The van der Waals surface area contributed by atoms with Crippen LogP contribution in [0.2, 0.25) is 0 Å². The van der Waals surface area contributed by atoms with E-state index in [4.69, 9.17) is 5.73 Å². The first kappa shape index (κ1) is 22.2. The summed E-state index contributed by atoms with van der Waals surface area (Å²) in [4.78, 5) is 27.2. The van der Waals surface area contributed by atoms with E-state index in [1.165, 1.54) is 32.1 Å². The molecule has 0 bridgehead atoms. The molecule has 2 aliphatic rings. The van der Waals surface area contributed by atoms with Gasteiger partial charge < -0.3 is 9.88 Å². The van der Waals surface area contributed by atoms with E-state index in [0.717, 1.165) is 41.5 Å². The smallest absolute Gasteiger partial charge is 0.173 e. The van der Waals surface area contributed by atoms with Crippen molar-refractivity contribution in [3.63, 3.8) is 0 Å². The fourth-order valence-electron chi connectivity index (χ4n) is 4.57. The molecule has 1 aromatic heterocycles. The summed E-state index contributed by atoms with van der Waals surface area (Å²) in [6.45, 7) is 0.816. The molecular formula is C26H33N5O. The van der Waals surface area contributed by atoms with E-state index in [0.29, 0.717) is 12.0 Å². The summed E-state index contributed by atoms with van der Waals surface area (Å²) in [5.41, 5.74) is 10.3. The van der Waals surface area contributed by atoms with Gasteiger partial charge in [0, 0.05) is 38.0 Å². The van der Waals surface area contributed by atoms with Crippen LogP contribution in [-0.4, -0.2) is 48.0 Å². The Hall–Kier alpha value is -2.99. The van der Waals surface area contributed by atoms with Crippen LogP contribution in [0.1, 0.15) is 61.0 Å². The maximum Gasteiger partial charge on any atom is 0.173 e. The lowest BCUT2D eigenvalue weighted by Gasteiger charge is -2.27. The second-order valence-electron chi connectivity index (χ2n) is 8.72. The van der Waals surface area contributed by atoms with E-state index >= 15 is 0 Å². The van der Waals surface area contributed by atoms with E-state index in [9.17, 15) is 4.79 Å². The minimum absolute atomic E-state index is 0.0600. The highest BCUT2D eigenvalue weighted by Gasteiger charge is 2.22. The molecule has 1 fully saturated rings. The highest BCUT2D eigenvalue weighted by atomic mass is 16.1. The third-order valence-electron chi connectivity index (χ3n) is 6.50. The number of carbonyl (C=O) groups is 1. The maximum atomic E-state index is 13.2. The van der Waals surface area contributed by atoms with E-state index in [1.807, 2.05) is 54.4 Å². The van der Waals surface area contributed by atoms with Crippen LogP contribution in [0.4, 0.5) is 0 Å². The summed E-state index contributed by atoms with van der Waals surface area (Å²) in [7, 11) is 1.90. The largest absolute Gasteiger partial charge is 0.353 e. The fourth-order valence-corrected chi connectivity index (χ4v) is 4.57. The molecule has 0 amide bonds. The monoisotopic (exact) mass is 431 g/mol. The SMILES string of the molecule is CN1C(c2cc(C(=O)CC=NCCC3CCCCC3)c(-c3ccccc3)[nH]2)=CC=NC1N. The number of carbonyl (C=O) groups excluding carboxylic acids is 1. The number of aromatic nitrogens is 1. The number of nitrogens with one attached hydrogen (secondary N) is 1. The number of Topliss-reactive ketones (excluding diaryl/α,β-unsaturated/α-hetero) is 1. The molecule has 6 heteroatoms. The Morgan fingerprint density at radius 1 is 1.25 bits per heavy atom. The zero-order valence-electron chi connectivity index (χ0n) is 18.8. The first-order valence-corrected chi connectivity index (χ1v) is 11.7. The third kappa shape index (κ3) is 5.25. The molecule has 4 rings (SSSR count). The molecule has 0 spiro atoms. The Kier molecular flexibility index (Phi) is 7.32. The molecule has 0 saturated heterocycles. The number of hydrogen-bond donors (Lipinski definition) is 2. The second-order valence-corrected chi connectivity index (χ2v) is 8.72. The van der Waals surface area contributed by atoms with Crippen LogP contribution in [-0.2, 0) is 0 Å². The quantitative estimate of drug-likeness (QED) is 0.461. The van der Waals surface area contributed by atoms with Gasteiger partial charge in [0.05, 0.1) is 17.1 Å². The van der Waals surface area contributed by atoms with Crippen LogP contribution in [0.5, 0.6) is 0 Å². The summed E-state index contributed by atoms with van der Waals surface area (Å²) >= 11 is 0. The number of rotatable bonds is 8. The van der Waals surface area contributed by atoms with Crippen molar-refractivity contribution in [3.05, 3.63) is 53.7 Å². The topological polar surface area (TPSA) is 86.8 Å². The molecule has 1 aliphatic carbocycles. The predicted molar refractivity (Wildman–Crippen MR) is 132 cm³/mol. The number of ketones is 1. The van der Waals surface area contributed by atoms with Gasteiger partial charge in [0.25, 0.3) is 0 Å². The van der Waals surface area contributed by atoms with Crippen molar-refractivity contribution in [2.45, 2.75) is 51.2 Å². The Morgan fingerprint density at radius 2 is 2.03 bits per heavy atom. The number of benzene rings is 1. The summed E-state index contributed by atoms with van der Waals surface area (Å²) in [5, 5.41) is 0. The Labute approximate surface area is 190 Å². The van der Waals surface area contributed by atoms with Gasteiger partial charge in [-0.3, -0.25) is 20.5 Å². The van der Waals surface area contributed by atoms with Crippen molar-refractivity contribution < 1.29 is 4.79 Å². The molecule has 2 aromatic rings. The lowest BCUT2D eigenvalue weighted by Crippen LogP contribution is -2.38. The molecule has 1 atom stereocenters. The molecule has 32 heavy (non-hydrogen) atoms. The van der Waals surface area contributed by atoms with Gasteiger partial charge in [0.15, 0.2) is 12.1 Å². The molecule has 2 heterocycles. The number of nitrogens with two attached hydrogens (primary N) is 1. The van der Waals surface area contributed by atoms with E-state index < -0.39 is 6.29 Å². The highest BCUT2D eigenvalue weighted by Crippen LogP contribution is 2.30. The fraction of sp³-hybridized carbons (Fsp3) is 0.423. The molecule has 0 radical (unpaired) electrons. The normalized spacial score (nSPS) is 19.5. The van der Waals surface area contributed by atoms with Crippen LogP contribution >= 0.6 is 0 Å². The van der Waals surface area contributed by atoms with Crippen molar-refractivity contribution in [2.24, 2.45) is 21.6 Å². The average Bonchev–Trinajstić information content (AvgIpc) is 3.27. The van der Waals surface area contributed by atoms with Gasteiger partial charge in [-0.05, 0) is 30.0 Å². The maximum absolute atomic E-state index is 13.2. The second kappa shape index (κ2) is 10.6. The summed E-state index contributed by atoms with van der Waals surface area (Å²) < 4.78 is 0. The predicted octanol–water partition coefficient (Wildman–Crippen LogP) is 4.90. The van der Waals surface area contributed by atoms with Gasteiger partial charge in [-0.25, -0.2) is 0 Å². The third-order valence-corrected chi connectivity index (χ3v) is 6.50. The summed E-state index contributed by atoms with van der Waals surface area (Å²) in [6.07, 6.45) is 13.2. The zero-order valence-corrected chi connectivity index (χ0v) is 18.8. The molecule has 1 aromatic carbocycles. The number of allylic oxidation sites excluding steroid dienone is 1. The van der Waals surface area contributed by atoms with Gasteiger partial charge in [-0.1, -0.05) is 62.4 Å². The van der Waals surface area contributed by atoms with Gasteiger partial charge >= 0.3 is 0 Å².